The quantitative estimate of drug-likeness (QED) is 0.853. The monoisotopic (exact) mass is 354 g/mol. The maximum atomic E-state index is 13.2. The fourth-order valence-electron chi connectivity index (χ4n) is 4.22. The number of hydrogen-bond acceptors (Lipinski definition) is 3. The molecule has 0 amide bonds. The first kappa shape index (κ1) is 16.4. The summed E-state index contributed by atoms with van der Waals surface area (Å²) in [6.45, 7) is 6.38. The molecule has 2 heterocycles. The second-order valence-corrected chi connectivity index (χ2v) is 8.81. The van der Waals surface area contributed by atoms with Crippen molar-refractivity contribution >= 4 is 15.7 Å². The standard InChI is InChI=1S/C20H22N2O2S/c1-3-12-20-13-14-22(19(20)21-18-7-5-4-6-17(18)20)25(23,24)16-10-8-15(2)9-11-16/h3-11,19,21H,1,12-14H2,2H3/t19-,20-/m0/s1. The van der Waals surface area contributed by atoms with E-state index in [9.17, 15) is 8.42 Å². The third-order valence-corrected chi connectivity index (χ3v) is 7.36. The molecule has 0 saturated carbocycles. The predicted molar refractivity (Wildman–Crippen MR) is 100 cm³/mol. The molecular weight excluding hydrogens is 332 g/mol. The van der Waals surface area contributed by atoms with Crippen molar-refractivity contribution in [2.45, 2.75) is 36.2 Å². The highest BCUT2D eigenvalue weighted by molar-refractivity contribution is 7.89. The average molecular weight is 354 g/mol. The highest BCUT2D eigenvalue weighted by Gasteiger charge is 2.56. The number of aryl methyl sites for hydroxylation is 1. The Hall–Kier alpha value is -2.11. The van der Waals surface area contributed by atoms with Crippen molar-refractivity contribution in [3.8, 4) is 0 Å². The summed E-state index contributed by atoms with van der Waals surface area (Å²) in [6, 6.07) is 15.2. The van der Waals surface area contributed by atoms with E-state index in [2.05, 4.69) is 18.0 Å². The van der Waals surface area contributed by atoms with Crippen LogP contribution in [0.25, 0.3) is 0 Å². The lowest BCUT2D eigenvalue weighted by Crippen LogP contribution is -2.45. The molecule has 0 aliphatic carbocycles. The van der Waals surface area contributed by atoms with E-state index in [0.717, 1.165) is 24.1 Å². The Balaban J connectivity index is 1.78. The molecule has 0 unspecified atom stereocenters. The molecule has 5 heteroatoms. The molecule has 2 aliphatic rings. The minimum absolute atomic E-state index is 0.240. The Morgan fingerprint density at radius 3 is 2.68 bits per heavy atom. The number of sulfonamides is 1. The second-order valence-electron chi connectivity index (χ2n) is 6.92. The van der Waals surface area contributed by atoms with Crippen LogP contribution < -0.4 is 5.32 Å². The number of hydrogen-bond donors (Lipinski definition) is 1. The van der Waals surface area contributed by atoms with E-state index in [1.165, 1.54) is 5.56 Å². The normalized spacial score (nSPS) is 25.2. The molecule has 0 spiro atoms. The van der Waals surface area contributed by atoms with Gasteiger partial charge < -0.3 is 5.32 Å². The highest BCUT2D eigenvalue weighted by Crippen LogP contribution is 2.52. The molecule has 2 aliphatic heterocycles. The van der Waals surface area contributed by atoms with Crippen LogP contribution in [0.15, 0.2) is 66.1 Å². The maximum absolute atomic E-state index is 13.2. The van der Waals surface area contributed by atoms with Crippen molar-refractivity contribution in [2.24, 2.45) is 0 Å². The van der Waals surface area contributed by atoms with Crippen LogP contribution in [0.1, 0.15) is 24.0 Å². The zero-order chi connectivity index (χ0) is 17.7. The van der Waals surface area contributed by atoms with Gasteiger partial charge in [0.15, 0.2) is 0 Å². The van der Waals surface area contributed by atoms with Gasteiger partial charge in [0, 0.05) is 17.6 Å². The minimum atomic E-state index is -3.55. The summed E-state index contributed by atoms with van der Waals surface area (Å²) in [4.78, 5) is 0.352. The molecule has 0 aromatic heterocycles. The summed E-state index contributed by atoms with van der Waals surface area (Å²) in [6.07, 6.45) is 3.17. The van der Waals surface area contributed by atoms with E-state index in [1.807, 2.05) is 43.3 Å². The van der Waals surface area contributed by atoms with E-state index >= 15 is 0 Å². The summed E-state index contributed by atoms with van der Waals surface area (Å²) < 4.78 is 28.1. The van der Waals surface area contributed by atoms with Gasteiger partial charge in [0.2, 0.25) is 10.0 Å². The SMILES string of the molecule is C=CC[C@@]12CCN(S(=O)(=O)c3ccc(C)cc3)[C@@H]1Nc1ccccc12. The summed E-state index contributed by atoms with van der Waals surface area (Å²) in [5.74, 6) is 0. The van der Waals surface area contributed by atoms with Gasteiger partial charge in [-0.05, 0) is 43.5 Å². The molecule has 25 heavy (non-hydrogen) atoms. The van der Waals surface area contributed by atoms with E-state index in [0.29, 0.717) is 11.4 Å². The number of anilines is 1. The van der Waals surface area contributed by atoms with Crippen LogP contribution in [0.5, 0.6) is 0 Å². The highest BCUT2D eigenvalue weighted by atomic mass is 32.2. The molecular formula is C20H22N2O2S. The molecule has 130 valence electrons. The Bertz CT molecular complexity index is 921. The van der Waals surface area contributed by atoms with Crippen LogP contribution in [-0.2, 0) is 15.4 Å². The van der Waals surface area contributed by atoms with Crippen LogP contribution in [0.2, 0.25) is 0 Å². The van der Waals surface area contributed by atoms with E-state index in [1.54, 1.807) is 16.4 Å². The first-order chi connectivity index (χ1) is 12.0. The van der Waals surface area contributed by atoms with Crippen LogP contribution in [-0.4, -0.2) is 25.4 Å². The zero-order valence-corrected chi connectivity index (χ0v) is 15.1. The van der Waals surface area contributed by atoms with E-state index in [-0.39, 0.29) is 11.6 Å². The van der Waals surface area contributed by atoms with Gasteiger partial charge >= 0.3 is 0 Å². The van der Waals surface area contributed by atoms with Crippen molar-refractivity contribution in [1.82, 2.24) is 4.31 Å². The van der Waals surface area contributed by atoms with Crippen molar-refractivity contribution in [1.29, 1.82) is 0 Å². The number of rotatable bonds is 4. The van der Waals surface area contributed by atoms with Gasteiger partial charge in [0.25, 0.3) is 0 Å². The molecule has 4 rings (SSSR count). The number of para-hydroxylation sites is 1. The third-order valence-electron chi connectivity index (χ3n) is 5.48. The zero-order valence-electron chi connectivity index (χ0n) is 14.3. The number of nitrogens with one attached hydrogen (secondary N) is 1. The molecule has 1 N–H and O–H groups in total. The molecule has 2 aromatic carbocycles. The van der Waals surface area contributed by atoms with Crippen molar-refractivity contribution in [3.63, 3.8) is 0 Å². The van der Waals surface area contributed by atoms with Crippen molar-refractivity contribution < 1.29 is 8.42 Å². The third kappa shape index (κ3) is 2.34. The summed E-state index contributed by atoms with van der Waals surface area (Å²) >= 11 is 0. The van der Waals surface area contributed by atoms with Gasteiger partial charge in [-0.15, -0.1) is 6.58 Å². The van der Waals surface area contributed by atoms with Gasteiger partial charge in [-0.3, -0.25) is 0 Å². The Labute approximate surface area is 149 Å². The lowest BCUT2D eigenvalue weighted by molar-refractivity contribution is 0.343. The van der Waals surface area contributed by atoms with Gasteiger partial charge in [-0.25, -0.2) is 8.42 Å². The summed E-state index contributed by atoms with van der Waals surface area (Å²) in [5, 5.41) is 3.46. The Morgan fingerprint density at radius 1 is 1.24 bits per heavy atom. The van der Waals surface area contributed by atoms with Gasteiger partial charge in [-0.2, -0.15) is 4.31 Å². The van der Waals surface area contributed by atoms with Gasteiger partial charge in [0.05, 0.1) is 4.90 Å². The first-order valence-corrected chi connectivity index (χ1v) is 9.98. The topological polar surface area (TPSA) is 49.4 Å². The van der Waals surface area contributed by atoms with Gasteiger partial charge in [-0.1, -0.05) is 42.0 Å². The lowest BCUT2D eigenvalue weighted by atomic mass is 9.76. The smallest absolute Gasteiger partial charge is 0.244 e. The van der Waals surface area contributed by atoms with Crippen molar-refractivity contribution in [3.05, 3.63) is 72.3 Å². The molecule has 0 bridgehead atoms. The molecule has 2 aromatic rings. The van der Waals surface area contributed by atoms with Gasteiger partial charge in [0.1, 0.15) is 6.17 Å². The maximum Gasteiger partial charge on any atom is 0.244 e. The summed E-state index contributed by atoms with van der Waals surface area (Å²) in [7, 11) is -3.55. The molecule has 1 saturated heterocycles. The summed E-state index contributed by atoms with van der Waals surface area (Å²) in [5.41, 5.74) is 3.03. The Kier molecular flexibility index (Phi) is 3.74. The predicted octanol–water partition coefficient (Wildman–Crippen LogP) is 3.66. The number of nitrogens with zero attached hydrogens (tertiary/aromatic N) is 1. The average Bonchev–Trinajstić information content (AvgIpc) is 3.10. The van der Waals surface area contributed by atoms with Crippen LogP contribution in [0.4, 0.5) is 5.69 Å². The molecule has 2 atom stereocenters. The number of allylic oxidation sites excluding steroid dienone is 1. The minimum Gasteiger partial charge on any atom is -0.368 e. The first-order valence-electron chi connectivity index (χ1n) is 8.54. The number of fused-ring (bicyclic) bond motifs is 3. The van der Waals surface area contributed by atoms with E-state index in [4.69, 9.17) is 0 Å². The fourth-order valence-corrected chi connectivity index (χ4v) is 5.83. The Morgan fingerprint density at radius 2 is 1.96 bits per heavy atom. The molecule has 4 nitrogen and oxygen atoms in total. The largest absolute Gasteiger partial charge is 0.368 e. The van der Waals surface area contributed by atoms with Crippen LogP contribution in [0, 0.1) is 6.92 Å². The van der Waals surface area contributed by atoms with Crippen molar-refractivity contribution in [2.75, 3.05) is 11.9 Å². The second kappa shape index (κ2) is 5.71. The molecule has 0 radical (unpaired) electrons. The number of benzene rings is 2. The van der Waals surface area contributed by atoms with Crippen LogP contribution >= 0.6 is 0 Å². The fraction of sp³-hybridized carbons (Fsp3) is 0.300. The van der Waals surface area contributed by atoms with E-state index < -0.39 is 10.0 Å². The molecule has 1 fully saturated rings. The van der Waals surface area contributed by atoms with Crippen LogP contribution in [0.3, 0.4) is 0 Å². The lowest BCUT2D eigenvalue weighted by Gasteiger charge is -2.31.